The number of carbonyl (C=O) groups excluding carboxylic acids is 2. The number of hydrogen-bond acceptors (Lipinski definition) is 7. The molecule has 0 radical (unpaired) electrons. The Bertz CT molecular complexity index is 759. The van der Waals surface area contributed by atoms with Crippen molar-refractivity contribution in [2.75, 3.05) is 7.11 Å². The molecule has 2 aliphatic carbocycles. The van der Waals surface area contributed by atoms with Gasteiger partial charge < -0.3 is 24.1 Å². The summed E-state index contributed by atoms with van der Waals surface area (Å²) in [5, 5.41) is 21.6. The van der Waals surface area contributed by atoms with E-state index >= 15 is 0 Å². The summed E-state index contributed by atoms with van der Waals surface area (Å²) in [6.07, 6.45) is 2.40. The highest BCUT2D eigenvalue weighted by Crippen LogP contribution is 2.65. The first kappa shape index (κ1) is 19.5. The molecule has 154 valence electrons. The summed E-state index contributed by atoms with van der Waals surface area (Å²) in [5.74, 6) is -2.00. The maximum absolute atomic E-state index is 12.9. The van der Waals surface area contributed by atoms with Gasteiger partial charge in [-0.1, -0.05) is 13.8 Å². The van der Waals surface area contributed by atoms with Crippen LogP contribution in [0.2, 0.25) is 0 Å². The third-order valence-corrected chi connectivity index (χ3v) is 7.77. The van der Waals surface area contributed by atoms with Crippen LogP contribution in [0.25, 0.3) is 0 Å². The average molecular weight is 392 g/mol. The van der Waals surface area contributed by atoms with Gasteiger partial charge in [-0.15, -0.1) is 0 Å². The third kappa shape index (κ3) is 2.63. The van der Waals surface area contributed by atoms with Crippen LogP contribution in [0.1, 0.15) is 51.2 Å². The van der Waals surface area contributed by atoms with Crippen molar-refractivity contribution in [1.82, 2.24) is 0 Å². The van der Waals surface area contributed by atoms with Crippen molar-refractivity contribution in [2.45, 2.75) is 57.8 Å². The minimum absolute atomic E-state index is 0.164. The Morgan fingerprint density at radius 2 is 2.04 bits per heavy atom. The summed E-state index contributed by atoms with van der Waals surface area (Å²) in [7, 11) is 1.35. The Morgan fingerprint density at radius 3 is 2.68 bits per heavy atom. The van der Waals surface area contributed by atoms with E-state index in [1.807, 2.05) is 13.8 Å². The number of ether oxygens (including phenoxy) is 2. The van der Waals surface area contributed by atoms with Gasteiger partial charge in [0.25, 0.3) is 0 Å². The van der Waals surface area contributed by atoms with Gasteiger partial charge in [-0.3, -0.25) is 9.59 Å². The molecule has 3 fully saturated rings. The van der Waals surface area contributed by atoms with Crippen molar-refractivity contribution in [1.29, 1.82) is 0 Å². The molecule has 0 bridgehead atoms. The zero-order valence-corrected chi connectivity index (χ0v) is 16.5. The molecule has 7 nitrogen and oxygen atoms in total. The van der Waals surface area contributed by atoms with Crippen molar-refractivity contribution in [3.05, 3.63) is 24.2 Å². The molecule has 1 aliphatic heterocycles. The molecule has 2 N–H and O–H groups in total. The van der Waals surface area contributed by atoms with Crippen LogP contribution < -0.4 is 0 Å². The second kappa shape index (κ2) is 6.59. The van der Waals surface area contributed by atoms with E-state index in [9.17, 15) is 19.8 Å². The van der Waals surface area contributed by atoms with E-state index in [1.54, 1.807) is 12.3 Å². The van der Waals surface area contributed by atoms with Crippen molar-refractivity contribution in [3.63, 3.8) is 0 Å². The zero-order chi connectivity index (χ0) is 20.3. The highest BCUT2D eigenvalue weighted by Gasteiger charge is 2.66. The Morgan fingerprint density at radius 1 is 1.29 bits per heavy atom. The number of fused-ring (bicyclic) bond motifs is 3. The lowest BCUT2D eigenvalue weighted by Gasteiger charge is -2.63. The number of esters is 2. The molecule has 1 saturated heterocycles. The largest absolute Gasteiger partial charge is 0.472 e. The Labute approximate surface area is 164 Å². The van der Waals surface area contributed by atoms with Gasteiger partial charge in [0.2, 0.25) is 0 Å². The predicted molar refractivity (Wildman–Crippen MR) is 96.7 cm³/mol. The van der Waals surface area contributed by atoms with Crippen LogP contribution in [0.4, 0.5) is 0 Å². The molecule has 2 heterocycles. The fraction of sp³-hybridized carbons (Fsp3) is 0.714. The van der Waals surface area contributed by atoms with E-state index in [4.69, 9.17) is 13.9 Å². The van der Waals surface area contributed by atoms with Crippen LogP contribution in [-0.2, 0) is 19.1 Å². The van der Waals surface area contributed by atoms with E-state index in [-0.39, 0.29) is 24.3 Å². The monoisotopic (exact) mass is 392 g/mol. The quantitative estimate of drug-likeness (QED) is 0.743. The lowest BCUT2D eigenvalue weighted by atomic mass is 9.42. The van der Waals surface area contributed by atoms with Crippen LogP contribution in [0, 0.1) is 28.6 Å². The van der Waals surface area contributed by atoms with Crippen molar-refractivity contribution in [2.24, 2.45) is 28.6 Å². The number of aliphatic hydroxyl groups is 2. The number of furan rings is 1. The summed E-state index contributed by atoms with van der Waals surface area (Å²) in [6.45, 7) is 3.98. The first-order valence-corrected chi connectivity index (χ1v) is 9.89. The molecule has 0 aromatic carbocycles. The van der Waals surface area contributed by atoms with Gasteiger partial charge in [0.05, 0.1) is 43.7 Å². The summed E-state index contributed by atoms with van der Waals surface area (Å²) in [4.78, 5) is 25.4. The number of rotatable bonds is 2. The lowest BCUT2D eigenvalue weighted by molar-refractivity contribution is -0.236. The van der Waals surface area contributed by atoms with Gasteiger partial charge in [-0.25, -0.2) is 0 Å². The van der Waals surface area contributed by atoms with Gasteiger partial charge in [-0.05, 0) is 48.5 Å². The number of carbonyl (C=O) groups is 2. The van der Waals surface area contributed by atoms with E-state index in [2.05, 4.69) is 0 Å². The highest BCUT2D eigenvalue weighted by molar-refractivity contribution is 5.76. The van der Waals surface area contributed by atoms with Crippen LogP contribution in [0.3, 0.4) is 0 Å². The topological polar surface area (TPSA) is 106 Å². The number of cyclic esters (lactones) is 1. The fourth-order valence-electron chi connectivity index (χ4n) is 6.43. The molecule has 0 spiro atoms. The third-order valence-electron chi connectivity index (χ3n) is 7.77. The molecule has 1 unspecified atom stereocenters. The second-order valence-electron chi connectivity index (χ2n) is 9.14. The number of methoxy groups -OCH3 is 1. The molecular formula is C21H28O7. The zero-order valence-electron chi connectivity index (χ0n) is 16.5. The molecule has 8 atom stereocenters. The summed E-state index contributed by atoms with van der Waals surface area (Å²) in [5.41, 5.74) is -0.428. The molecule has 3 aliphatic rings. The second-order valence-corrected chi connectivity index (χ2v) is 9.14. The van der Waals surface area contributed by atoms with E-state index in [1.165, 1.54) is 13.4 Å². The predicted octanol–water partition coefficient (Wildman–Crippen LogP) is 2.22. The average Bonchev–Trinajstić information content (AvgIpc) is 3.18. The van der Waals surface area contributed by atoms with E-state index < -0.39 is 41.0 Å². The number of hydrogen-bond donors (Lipinski definition) is 2. The molecule has 2 saturated carbocycles. The minimum atomic E-state index is -1.04. The molecule has 7 heteroatoms. The van der Waals surface area contributed by atoms with Crippen LogP contribution in [0.5, 0.6) is 0 Å². The molecule has 4 rings (SSSR count). The maximum Gasteiger partial charge on any atom is 0.310 e. The first-order chi connectivity index (χ1) is 13.2. The molecular weight excluding hydrogens is 364 g/mol. The fourth-order valence-corrected chi connectivity index (χ4v) is 6.43. The summed E-state index contributed by atoms with van der Waals surface area (Å²) >= 11 is 0. The Kier molecular flexibility index (Phi) is 4.58. The van der Waals surface area contributed by atoms with Gasteiger partial charge in [0.1, 0.15) is 6.10 Å². The van der Waals surface area contributed by atoms with E-state index in [0.717, 1.165) is 5.56 Å². The standard InChI is InChI=1S/C21H28O7/c1-20-6-4-12-19(25)28-15(11-5-7-27-10-11)9-21(12,2)17(20)16(23)14(22)8-13(20)18(24)26-3/h5,7,10,12-17,22-23H,4,6,8-9H2,1-3H3/t12-,13-,14-,15-,16-,17?,20-,21-/m0/s1. The summed E-state index contributed by atoms with van der Waals surface area (Å²) < 4.78 is 15.9. The van der Waals surface area contributed by atoms with Crippen LogP contribution in [0.15, 0.2) is 23.0 Å². The van der Waals surface area contributed by atoms with Crippen LogP contribution >= 0.6 is 0 Å². The van der Waals surface area contributed by atoms with Gasteiger partial charge in [-0.2, -0.15) is 0 Å². The minimum Gasteiger partial charge on any atom is -0.472 e. The molecule has 28 heavy (non-hydrogen) atoms. The highest BCUT2D eigenvalue weighted by atomic mass is 16.5. The Hall–Kier alpha value is -1.86. The summed E-state index contributed by atoms with van der Waals surface area (Å²) in [6, 6.07) is 1.77. The van der Waals surface area contributed by atoms with E-state index in [0.29, 0.717) is 19.3 Å². The van der Waals surface area contributed by atoms with Gasteiger partial charge in [0.15, 0.2) is 0 Å². The Balaban J connectivity index is 1.77. The maximum atomic E-state index is 12.9. The molecule has 1 aromatic heterocycles. The normalized spacial score (nSPS) is 45.5. The smallest absolute Gasteiger partial charge is 0.310 e. The first-order valence-electron chi connectivity index (χ1n) is 9.89. The SMILES string of the molecule is COC(=O)[C@@H]1C[C@H](O)[C@H](O)C2[C@@]1(C)CC[C@H]1C(=O)O[C@H](c3ccoc3)C[C@]21C. The van der Waals surface area contributed by atoms with Crippen molar-refractivity contribution in [3.8, 4) is 0 Å². The van der Waals surface area contributed by atoms with Gasteiger partial charge >= 0.3 is 11.9 Å². The van der Waals surface area contributed by atoms with Crippen molar-refractivity contribution < 1.29 is 33.7 Å². The molecule has 0 amide bonds. The molecule has 1 aromatic rings. The van der Waals surface area contributed by atoms with Crippen LogP contribution in [-0.4, -0.2) is 41.5 Å². The van der Waals surface area contributed by atoms with Crippen molar-refractivity contribution >= 4 is 11.9 Å². The van der Waals surface area contributed by atoms with Gasteiger partial charge in [0, 0.05) is 5.56 Å². The lowest BCUT2D eigenvalue weighted by Crippen LogP contribution is -2.65. The number of aliphatic hydroxyl groups excluding tert-OH is 2.